The van der Waals surface area contributed by atoms with Crippen molar-refractivity contribution in [3.8, 4) is 0 Å². The van der Waals surface area contributed by atoms with E-state index in [2.05, 4.69) is 20.5 Å². The number of alkyl halides is 2. The van der Waals surface area contributed by atoms with Gasteiger partial charge >= 0.3 is 5.97 Å². The minimum absolute atomic E-state index is 0.0780. The topological polar surface area (TPSA) is 109 Å². The zero-order chi connectivity index (χ0) is 24.9. The molecule has 3 aromatic heterocycles. The molecule has 1 saturated heterocycles. The van der Waals surface area contributed by atoms with Crippen LogP contribution in [0.4, 0.5) is 20.4 Å². The van der Waals surface area contributed by atoms with E-state index < -0.39 is 11.9 Å². The van der Waals surface area contributed by atoms with Gasteiger partial charge in [0.15, 0.2) is 11.3 Å². The summed E-state index contributed by atoms with van der Waals surface area (Å²) in [6, 6.07) is 6.60. The Labute approximate surface area is 203 Å². The van der Waals surface area contributed by atoms with Crippen LogP contribution in [0.2, 0.25) is 5.15 Å². The number of anilines is 2. The molecule has 4 aromatic rings. The SMILES string of the molecule is Cc1cc([C@@H](C)Nc2ccc(Cl)nc2C(=O)O)c2nc(N3CCC(F)(F)CC3)n3cnnc3c2c1. The van der Waals surface area contributed by atoms with Gasteiger partial charge in [-0.2, -0.15) is 0 Å². The monoisotopic (exact) mass is 501 g/mol. The van der Waals surface area contributed by atoms with Crippen molar-refractivity contribution in [1.29, 1.82) is 0 Å². The molecule has 35 heavy (non-hydrogen) atoms. The Morgan fingerprint density at radius 2 is 1.97 bits per heavy atom. The molecule has 1 atom stereocenters. The van der Waals surface area contributed by atoms with Crippen LogP contribution < -0.4 is 10.2 Å². The first-order valence-corrected chi connectivity index (χ1v) is 11.4. The molecular weight excluding hydrogens is 480 g/mol. The number of nitrogens with one attached hydrogen (secondary N) is 1. The zero-order valence-corrected chi connectivity index (χ0v) is 19.7. The van der Waals surface area contributed by atoms with Gasteiger partial charge in [-0.1, -0.05) is 17.7 Å². The van der Waals surface area contributed by atoms with E-state index in [1.807, 2.05) is 30.9 Å². The minimum atomic E-state index is -2.69. The summed E-state index contributed by atoms with van der Waals surface area (Å²) in [5, 5.41) is 21.9. The number of fused-ring (bicyclic) bond motifs is 3. The fourth-order valence-corrected chi connectivity index (χ4v) is 4.58. The molecule has 1 fully saturated rings. The summed E-state index contributed by atoms with van der Waals surface area (Å²) < 4.78 is 29.3. The molecule has 2 N–H and O–H groups in total. The summed E-state index contributed by atoms with van der Waals surface area (Å²) in [7, 11) is 0. The van der Waals surface area contributed by atoms with Crippen molar-refractivity contribution in [3.63, 3.8) is 0 Å². The van der Waals surface area contributed by atoms with Crippen LogP contribution in [0, 0.1) is 6.92 Å². The van der Waals surface area contributed by atoms with Gasteiger partial charge in [0.25, 0.3) is 5.92 Å². The number of carboxylic acids is 1. The van der Waals surface area contributed by atoms with E-state index in [9.17, 15) is 18.7 Å². The predicted octanol–water partition coefficient (Wildman–Crippen LogP) is 4.74. The molecule has 0 radical (unpaired) electrons. The molecule has 1 aromatic carbocycles. The van der Waals surface area contributed by atoms with Crippen LogP contribution in [-0.4, -0.2) is 54.7 Å². The van der Waals surface area contributed by atoms with Gasteiger partial charge in [-0.3, -0.25) is 4.40 Å². The Bertz CT molecular complexity index is 1450. The summed E-state index contributed by atoms with van der Waals surface area (Å²) in [6.45, 7) is 4.14. The van der Waals surface area contributed by atoms with Crippen molar-refractivity contribution < 1.29 is 18.7 Å². The van der Waals surface area contributed by atoms with Crippen molar-refractivity contribution in [1.82, 2.24) is 24.6 Å². The number of nitrogens with zero attached hydrogens (tertiary/aromatic N) is 6. The molecule has 12 heteroatoms. The highest BCUT2D eigenvalue weighted by molar-refractivity contribution is 6.29. The minimum Gasteiger partial charge on any atom is -0.476 e. The van der Waals surface area contributed by atoms with Crippen LogP contribution in [0.5, 0.6) is 0 Å². The predicted molar refractivity (Wildman–Crippen MR) is 128 cm³/mol. The molecule has 0 saturated carbocycles. The molecule has 9 nitrogen and oxygen atoms in total. The number of piperidine rings is 1. The number of aromatic carboxylic acids is 1. The molecule has 4 heterocycles. The maximum absolute atomic E-state index is 13.8. The molecule has 182 valence electrons. The first kappa shape index (κ1) is 23.2. The van der Waals surface area contributed by atoms with Gasteiger partial charge in [0.05, 0.1) is 17.2 Å². The lowest BCUT2D eigenvalue weighted by Crippen LogP contribution is -2.40. The second kappa shape index (κ2) is 8.56. The number of hydrogen-bond acceptors (Lipinski definition) is 7. The Kier molecular flexibility index (Phi) is 5.66. The second-order valence-corrected chi connectivity index (χ2v) is 9.12. The first-order valence-electron chi connectivity index (χ1n) is 11.1. The van der Waals surface area contributed by atoms with Crippen LogP contribution >= 0.6 is 11.6 Å². The number of halogens is 3. The molecule has 0 spiro atoms. The van der Waals surface area contributed by atoms with E-state index in [-0.39, 0.29) is 42.8 Å². The molecule has 0 unspecified atom stereocenters. The van der Waals surface area contributed by atoms with Gasteiger partial charge < -0.3 is 15.3 Å². The van der Waals surface area contributed by atoms with Gasteiger partial charge in [0.1, 0.15) is 11.5 Å². The molecule has 0 amide bonds. The lowest BCUT2D eigenvalue weighted by molar-refractivity contribution is -0.0222. The van der Waals surface area contributed by atoms with Crippen molar-refractivity contribution in [2.24, 2.45) is 0 Å². The van der Waals surface area contributed by atoms with Gasteiger partial charge in [0, 0.05) is 36.9 Å². The normalized spacial score (nSPS) is 16.5. The molecule has 1 aliphatic heterocycles. The van der Waals surface area contributed by atoms with E-state index >= 15 is 0 Å². The molecule has 5 rings (SSSR count). The lowest BCUT2D eigenvalue weighted by atomic mass is 10.0. The van der Waals surface area contributed by atoms with E-state index in [4.69, 9.17) is 16.6 Å². The van der Waals surface area contributed by atoms with Gasteiger partial charge in [-0.25, -0.2) is 23.5 Å². The van der Waals surface area contributed by atoms with Crippen molar-refractivity contribution >= 4 is 45.8 Å². The van der Waals surface area contributed by atoms with Crippen LogP contribution in [0.1, 0.15) is 47.4 Å². The van der Waals surface area contributed by atoms with E-state index in [0.29, 0.717) is 22.8 Å². The number of rotatable bonds is 5. The first-order chi connectivity index (χ1) is 16.6. The Morgan fingerprint density at radius 1 is 1.23 bits per heavy atom. The number of carbonyl (C=O) groups is 1. The van der Waals surface area contributed by atoms with Crippen molar-refractivity contribution in [2.75, 3.05) is 23.3 Å². The number of pyridine rings is 1. The van der Waals surface area contributed by atoms with Crippen LogP contribution in [0.15, 0.2) is 30.6 Å². The smallest absolute Gasteiger partial charge is 0.356 e. The summed E-state index contributed by atoms with van der Waals surface area (Å²) in [5.74, 6) is -3.40. The average molecular weight is 502 g/mol. The van der Waals surface area contributed by atoms with Crippen LogP contribution in [0.3, 0.4) is 0 Å². The third kappa shape index (κ3) is 4.31. The Hall–Kier alpha value is -3.60. The highest BCUT2D eigenvalue weighted by Crippen LogP contribution is 2.34. The maximum atomic E-state index is 13.8. The summed E-state index contributed by atoms with van der Waals surface area (Å²) in [6.07, 6.45) is 1.03. The third-order valence-electron chi connectivity index (χ3n) is 6.18. The summed E-state index contributed by atoms with van der Waals surface area (Å²) in [5.41, 5.74) is 3.06. The average Bonchev–Trinajstić information content (AvgIpc) is 3.30. The zero-order valence-electron chi connectivity index (χ0n) is 19.0. The lowest BCUT2D eigenvalue weighted by Gasteiger charge is -2.32. The van der Waals surface area contributed by atoms with E-state index in [1.165, 1.54) is 12.4 Å². The fourth-order valence-electron chi connectivity index (χ4n) is 4.43. The quantitative estimate of drug-likeness (QED) is 0.377. The standard InChI is InChI=1S/C23H22ClF2N7O2/c1-12-9-14(13(2)28-16-3-4-17(24)29-19(16)21(34)35)18-15(10-12)20-31-27-11-33(20)22(30-18)32-7-5-23(25,26)6-8-32/h3-4,9-11,13,28H,5-8H2,1-2H3,(H,34,35)/t13-/m1/s1. The second-order valence-electron chi connectivity index (χ2n) is 8.73. The summed E-state index contributed by atoms with van der Waals surface area (Å²) in [4.78, 5) is 22.3. The van der Waals surface area contributed by atoms with Gasteiger partial charge in [-0.15, -0.1) is 10.2 Å². The van der Waals surface area contributed by atoms with Gasteiger partial charge in [0.2, 0.25) is 5.95 Å². The van der Waals surface area contributed by atoms with E-state index in [1.54, 1.807) is 10.5 Å². The fraction of sp³-hybridized carbons (Fsp3) is 0.348. The molecule has 1 aliphatic rings. The van der Waals surface area contributed by atoms with Crippen molar-refractivity contribution in [3.05, 3.63) is 52.6 Å². The molecule has 0 aliphatic carbocycles. The maximum Gasteiger partial charge on any atom is 0.356 e. The number of aromatic nitrogens is 5. The Morgan fingerprint density at radius 3 is 2.69 bits per heavy atom. The van der Waals surface area contributed by atoms with E-state index in [0.717, 1.165) is 16.5 Å². The number of hydrogen-bond donors (Lipinski definition) is 2. The van der Waals surface area contributed by atoms with Crippen LogP contribution in [0.25, 0.3) is 16.6 Å². The highest BCUT2D eigenvalue weighted by atomic mass is 35.5. The van der Waals surface area contributed by atoms with Crippen LogP contribution in [-0.2, 0) is 0 Å². The largest absolute Gasteiger partial charge is 0.476 e. The molecule has 0 bridgehead atoms. The van der Waals surface area contributed by atoms with Gasteiger partial charge in [-0.05, 0) is 37.6 Å². The number of carboxylic acid groups (broad SMARTS) is 1. The number of benzene rings is 1. The highest BCUT2D eigenvalue weighted by Gasteiger charge is 2.35. The van der Waals surface area contributed by atoms with Crippen molar-refractivity contribution in [2.45, 2.75) is 38.7 Å². The Balaban J connectivity index is 1.62. The molecular formula is C23H22ClF2N7O2. The number of aryl methyl sites for hydroxylation is 1. The third-order valence-corrected chi connectivity index (χ3v) is 6.39. The summed E-state index contributed by atoms with van der Waals surface area (Å²) >= 11 is 5.89.